The lowest BCUT2D eigenvalue weighted by atomic mass is 10.2. The molecule has 17 heavy (non-hydrogen) atoms. The summed E-state index contributed by atoms with van der Waals surface area (Å²) in [5, 5.41) is 5.71. The molecule has 0 saturated carbocycles. The first-order valence-electron chi connectivity index (χ1n) is 5.32. The number of hydrogen-bond donors (Lipinski definition) is 2. The first-order valence-corrected chi connectivity index (χ1v) is 5.32. The van der Waals surface area contributed by atoms with Crippen LogP contribution in [0.3, 0.4) is 0 Å². The molecule has 0 aliphatic carbocycles. The number of rotatable bonds is 6. The monoisotopic (exact) mass is 232 g/mol. The zero-order valence-corrected chi connectivity index (χ0v) is 9.82. The summed E-state index contributed by atoms with van der Waals surface area (Å²) in [6.07, 6.45) is 5.27. The maximum absolute atomic E-state index is 11.5. The van der Waals surface area contributed by atoms with Crippen molar-refractivity contribution in [2.75, 3.05) is 32.1 Å². The molecule has 1 amide bonds. The molecule has 0 unspecified atom stereocenters. The Morgan fingerprint density at radius 2 is 2.35 bits per heavy atom. The summed E-state index contributed by atoms with van der Waals surface area (Å²) in [6, 6.07) is 7.18. The van der Waals surface area contributed by atoms with Crippen molar-refractivity contribution in [2.24, 2.45) is 0 Å². The van der Waals surface area contributed by atoms with Gasteiger partial charge in [-0.25, -0.2) is 0 Å². The minimum atomic E-state index is -0.102. The first kappa shape index (κ1) is 13.2. The molecule has 0 aromatic heterocycles. The third-order valence-electron chi connectivity index (χ3n) is 2.08. The number of carbonyl (C=O) groups is 1. The highest BCUT2D eigenvalue weighted by Gasteiger charge is 2.01. The molecule has 0 bridgehead atoms. The number of methoxy groups -OCH3 is 1. The Hall–Kier alpha value is -1.83. The summed E-state index contributed by atoms with van der Waals surface area (Å²) >= 11 is 0. The molecule has 4 heteroatoms. The molecular formula is C13H16N2O2. The van der Waals surface area contributed by atoms with Gasteiger partial charge >= 0.3 is 0 Å². The van der Waals surface area contributed by atoms with Crippen LogP contribution in [-0.2, 0) is 9.53 Å². The van der Waals surface area contributed by atoms with Crippen LogP contribution in [0, 0.1) is 12.3 Å². The Morgan fingerprint density at radius 3 is 3.06 bits per heavy atom. The fourth-order valence-corrected chi connectivity index (χ4v) is 1.27. The maximum atomic E-state index is 11.5. The van der Waals surface area contributed by atoms with Crippen LogP contribution in [-0.4, -0.2) is 32.7 Å². The topological polar surface area (TPSA) is 50.4 Å². The van der Waals surface area contributed by atoms with Gasteiger partial charge in [-0.05, 0) is 18.2 Å². The predicted octanol–water partition coefficient (Wildman–Crippen LogP) is 0.842. The van der Waals surface area contributed by atoms with Gasteiger partial charge in [-0.3, -0.25) is 4.79 Å². The van der Waals surface area contributed by atoms with Gasteiger partial charge in [0, 0.05) is 24.9 Å². The van der Waals surface area contributed by atoms with E-state index in [0.29, 0.717) is 18.8 Å². The number of terminal acetylenes is 1. The molecule has 0 saturated heterocycles. The third kappa shape index (κ3) is 5.16. The maximum Gasteiger partial charge on any atom is 0.238 e. The molecule has 4 nitrogen and oxygen atoms in total. The van der Waals surface area contributed by atoms with E-state index in [9.17, 15) is 4.79 Å². The van der Waals surface area contributed by atoms with Gasteiger partial charge < -0.3 is 15.4 Å². The van der Waals surface area contributed by atoms with Crippen molar-refractivity contribution < 1.29 is 9.53 Å². The zero-order valence-electron chi connectivity index (χ0n) is 9.82. The van der Waals surface area contributed by atoms with Crippen LogP contribution in [0.1, 0.15) is 5.56 Å². The number of hydrogen-bond acceptors (Lipinski definition) is 3. The molecule has 0 atom stereocenters. The molecule has 2 N–H and O–H groups in total. The Kier molecular flexibility index (Phi) is 5.80. The largest absolute Gasteiger partial charge is 0.383 e. The second kappa shape index (κ2) is 7.44. The number of ether oxygens (including phenoxy) is 1. The Morgan fingerprint density at radius 1 is 1.53 bits per heavy atom. The number of nitrogens with one attached hydrogen (secondary N) is 2. The predicted molar refractivity (Wildman–Crippen MR) is 67.8 cm³/mol. The van der Waals surface area contributed by atoms with Gasteiger partial charge in [-0.1, -0.05) is 12.0 Å². The average molecular weight is 232 g/mol. The smallest absolute Gasteiger partial charge is 0.238 e. The van der Waals surface area contributed by atoms with Crippen molar-refractivity contribution in [3.05, 3.63) is 29.8 Å². The number of carbonyl (C=O) groups excluding carboxylic acids is 1. The number of amides is 1. The van der Waals surface area contributed by atoms with Crippen LogP contribution >= 0.6 is 0 Å². The molecule has 1 rings (SSSR count). The van der Waals surface area contributed by atoms with E-state index in [1.54, 1.807) is 19.2 Å². The molecule has 0 radical (unpaired) electrons. The lowest BCUT2D eigenvalue weighted by Gasteiger charge is -2.06. The lowest BCUT2D eigenvalue weighted by Crippen LogP contribution is -2.30. The molecule has 1 aromatic rings. The van der Waals surface area contributed by atoms with E-state index in [0.717, 1.165) is 5.56 Å². The SMILES string of the molecule is C#Cc1cccc(NC(=O)CNCCOC)c1. The van der Waals surface area contributed by atoms with E-state index in [4.69, 9.17) is 11.2 Å². The molecule has 0 aliphatic rings. The summed E-state index contributed by atoms with van der Waals surface area (Å²) in [5.41, 5.74) is 1.45. The molecular weight excluding hydrogens is 216 g/mol. The highest BCUT2D eigenvalue weighted by molar-refractivity contribution is 5.92. The quantitative estimate of drug-likeness (QED) is 0.564. The van der Waals surface area contributed by atoms with Crippen molar-refractivity contribution in [1.29, 1.82) is 0 Å². The fourth-order valence-electron chi connectivity index (χ4n) is 1.27. The van der Waals surface area contributed by atoms with Crippen LogP contribution < -0.4 is 10.6 Å². The van der Waals surface area contributed by atoms with E-state index in [1.165, 1.54) is 0 Å². The number of anilines is 1. The second-order valence-electron chi connectivity index (χ2n) is 3.44. The van der Waals surface area contributed by atoms with Crippen LogP contribution in [0.25, 0.3) is 0 Å². The summed E-state index contributed by atoms with van der Waals surface area (Å²) < 4.78 is 4.86. The zero-order chi connectivity index (χ0) is 12.5. The van der Waals surface area contributed by atoms with E-state index >= 15 is 0 Å². The van der Waals surface area contributed by atoms with E-state index in [2.05, 4.69) is 16.6 Å². The molecule has 0 heterocycles. The van der Waals surface area contributed by atoms with Crippen molar-refractivity contribution in [2.45, 2.75) is 0 Å². The van der Waals surface area contributed by atoms with Gasteiger partial charge in [0.15, 0.2) is 0 Å². The van der Waals surface area contributed by atoms with Crippen molar-refractivity contribution in [3.63, 3.8) is 0 Å². The van der Waals surface area contributed by atoms with Crippen molar-refractivity contribution in [3.8, 4) is 12.3 Å². The van der Waals surface area contributed by atoms with Gasteiger partial charge in [-0.15, -0.1) is 6.42 Å². The summed E-state index contributed by atoms with van der Waals surface area (Å²) in [7, 11) is 1.62. The minimum absolute atomic E-state index is 0.102. The van der Waals surface area contributed by atoms with Crippen molar-refractivity contribution in [1.82, 2.24) is 5.32 Å². The third-order valence-corrected chi connectivity index (χ3v) is 2.08. The summed E-state index contributed by atoms with van der Waals surface area (Å²) in [6.45, 7) is 1.48. The van der Waals surface area contributed by atoms with Gasteiger partial charge in [-0.2, -0.15) is 0 Å². The molecule has 1 aromatic carbocycles. The van der Waals surface area contributed by atoms with Crippen LogP contribution in [0.4, 0.5) is 5.69 Å². The molecule has 90 valence electrons. The highest BCUT2D eigenvalue weighted by atomic mass is 16.5. The van der Waals surface area contributed by atoms with Gasteiger partial charge in [0.25, 0.3) is 0 Å². The number of benzene rings is 1. The van der Waals surface area contributed by atoms with Crippen LogP contribution in [0.2, 0.25) is 0 Å². The second-order valence-corrected chi connectivity index (χ2v) is 3.44. The Balaban J connectivity index is 2.37. The van der Waals surface area contributed by atoms with Gasteiger partial charge in [0.05, 0.1) is 13.2 Å². The van der Waals surface area contributed by atoms with E-state index in [1.807, 2.05) is 12.1 Å². The van der Waals surface area contributed by atoms with Gasteiger partial charge in [0.1, 0.15) is 0 Å². The first-order chi connectivity index (χ1) is 8.26. The molecule has 0 spiro atoms. The van der Waals surface area contributed by atoms with E-state index in [-0.39, 0.29) is 12.5 Å². The van der Waals surface area contributed by atoms with Crippen molar-refractivity contribution >= 4 is 11.6 Å². The average Bonchev–Trinajstić information content (AvgIpc) is 2.35. The van der Waals surface area contributed by atoms with E-state index < -0.39 is 0 Å². The van der Waals surface area contributed by atoms with Crippen LogP contribution in [0.15, 0.2) is 24.3 Å². The Bertz CT molecular complexity index is 410. The van der Waals surface area contributed by atoms with Gasteiger partial charge in [0.2, 0.25) is 5.91 Å². The summed E-state index contributed by atoms with van der Waals surface area (Å²) in [5.74, 6) is 2.42. The lowest BCUT2D eigenvalue weighted by molar-refractivity contribution is -0.115. The fraction of sp³-hybridized carbons (Fsp3) is 0.308. The molecule has 0 fully saturated rings. The minimum Gasteiger partial charge on any atom is -0.383 e. The normalized spacial score (nSPS) is 9.65. The summed E-state index contributed by atoms with van der Waals surface area (Å²) in [4.78, 5) is 11.5. The highest BCUT2D eigenvalue weighted by Crippen LogP contribution is 2.09. The van der Waals surface area contributed by atoms with Crippen LogP contribution in [0.5, 0.6) is 0 Å². The molecule has 0 aliphatic heterocycles. The standard InChI is InChI=1S/C13H16N2O2/c1-3-11-5-4-6-12(9-11)15-13(16)10-14-7-8-17-2/h1,4-6,9,14H,7-8,10H2,2H3,(H,15,16). The Labute approximate surface area is 101 Å².